The Hall–Kier alpha value is -2.73. The summed E-state index contributed by atoms with van der Waals surface area (Å²) in [4.78, 5) is 26.8. The van der Waals surface area contributed by atoms with Crippen LogP contribution in [-0.4, -0.2) is 36.5 Å². The largest absolute Gasteiger partial charge is 0.492 e. The molecule has 0 spiro atoms. The molecule has 1 saturated heterocycles. The van der Waals surface area contributed by atoms with Crippen LogP contribution in [0.2, 0.25) is 5.02 Å². The first-order chi connectivity index (χ1) is 13.6. The highest BCUT2D eigenvalue weighted by Crippen LogP contribution is 2.26. The van der Waals surface area contributed by atoms with Gasteiger partial charge in [0.15, 0.2) is 0 Å². The molecule has 0 saturated carbocycles. The molecular formula is C21H24ClN3O3. The van der Waals surface area contributed by atoms with Gasteiger partial charge in [-0.1, -0.05) is 23.7 Å². The molecule has 6 nitrogen and oxygen atoms in total. The van der Waals surface area contributed by atoms with Crippen LogP contribution in [0, 0.1) is 5.92 Å². The van der Waals surface area contributed by atoms with Crippen LogP contribution in [0.15, 0.2) is 48.5 Å². The Morgan fingerprint density at radius 2 is 1.75 bits per heavy atom. The molecule has 2 aromatic carbocycles. The van der Waals surface area contributed by atoms with Gasteiger partial charge in [-0.15, -0.1) is 0 Å². The van der Waals surface area contributed by atoms with Gasteiger partial charge in [0.1, 0.15) is 5.75 Å². The molecule has 3 amide bonds. The summed E-state index contributed by atoms with van der Waals surface area (Å²) in [7, 11) is 0. The summed E-state index contributed by atoms with van der Waals surface area (Å²) in [5.41, 5.74) is 1.37. The number of carbonyl (C=O) groups is 2. The predicted octanol–water partition coefficient (Wildman–Crippen LogP) is 4.62. The number of amides is 3. The molecule has 2 N–H and O–H groups in total. The van der Waals surface area contributed by atoms with Crippen molar-refractivity contribution >= 4 is 34.9 Å². The van der Waals surface area contributed by atoms with Crippen molar-refractivity contribution in [3.05, 3.63) is 53.6 Å². The zero-order chi connectivity index (χ0) is 19.9. The minimum absolute atomic E-state index is 0.0371. The lowest BCUT2D eigenvalue weighted by Crippen LogP contribution is -2.43. The maximum atomic E-state index is 12.6. The van der Waals surface area contributed by atoms with Crippen molar-refractivity contribution in [3.63, 3.8) is 0 Å². The van der Waals surface area contributed by atoms with Gasteiger partial charge in [-0.05, 0) is 56.2 Å². The first-order valence-corrected chi connectivity index (χ1v) is 9.79. The first kappa shape index (κ1) is 20.0. The number of rotatable bonds is 5. The van der Waals surface area contributed by atoms with Crippen LogP contribution < -0.4 is 15.4 Å². The van der Waals surface area contributed by atoms with Gasteiger partial charge in [0.05, 0.1) is 12.3 Å². The first-order valence-electron chi connectivity index (χ1n) is 9.41. The molecule has 1 aliphatic heterocycles. The van der Waals surface area contributed by atoms with E-state index in [1.807, 2.05) is 31.2 Å². The lowest BCUT2D eigenvalue weighted by molar-refractivity contribution is -0.121. The fraction of sp³-hybridized carbons (Fsp3) is 0.333. The molecule has 7 heteroatoms. The lowest BCUT2D eigenvalue weighted by atomic mass is 9.96. The van der Waals surface area contributed by atoms with Crippen molar-refractivity contribution in [2.45, 2.75) is 19.8 Å². The van der Waals surface area contributed by atoms with E-state index in [-0.39, 0.29) is 17.9 Å². The van der Waals surface area contributed by atoms with Gasteiger partial charge in [0.2, 0.25) is 5.91 Å². The van der Waals surface area contributed by atoms with E-state index in [4.69, 9.17) is 16.3 Å². The Morgan fingerprint density at radius 1 is 1.07 bits per heavy atom. The fourth-order valence-corrected chi connectivity index (χ4v) is 3.29. The number of nitrogens with zero attached hydrogens (tertiary/aromatic N) is 1. The van der Waals surface area contributed by atoms with Crippen molar-refractivity contribution < 1.29 is 14.3 Å². The maximum Gasteiger partial charge on any atom is 0.321 e. The third-order valence-corrected chi connectivity index (χ3v) is 4.95. The Bertz CT molecular complexity index is 818. The number of anilines is 2. The van der Waals surface area contributed by atoms with Crippen LogP contribution in [0.5, 0.6) is 5.75 Å². The van der Waals surface area contributed by atoms with E-state index >= 15 is 0 Å². The number of halogens is 1. The topological polar surface area (TPSA) is 70.7 Å². The number of hydrogen-bond donors (Lipinski definition) is 2. The highest BCUT2D eigenvalue weighted by atomic mass is 35.5. The Kier molecular flexibility index (Phi) is 6.76. The third kappa shape index (κ3) is 5.16. The zero-order valence-corrected chi connectivity index (χ0v) is 16.5. The second-order valence-electron chi connectivity index (χ2n) is 6.62. The minimum atomic E-state index is -0.164. The van der Waals surface area contributed by atoms with Crippen molar-refractivity contribution in [2.24, 2.45) is 5.92 Å². The average molecular weight is 402 g/mol. The number of hydrogen-bond acceptors (Lipinski definition) is 3. The number of urea groups is 1. The summed E-state index contributed by atoms with van der Waals surface area (Å²) in [5, 5.41) is 6.44. The van der Waals surface area contributed by atoms with Gasteiger partial charge < -0.3 is 20.3 Å². The highest BCUT2D eigenvalue weighted by Gasteiger charge is 2.27. The molecule has 148 valence electrons. The number of carbonyl (C=O) groups excluding carboxylic acids is 2. The molecule has 1 heterocycles. The van der Waals surface area contributed by atoms with E-state index in [0.717, 1.165) is 0 Å². The van der Waals surface area contributed by atoms with Gasteiger partial charge >= 0.3 is 6.03 Å². The number of piperidine rings is 1. The number of nitrogens with one attached hydrogen (secondary N) is 2. The number of ether oxygens (including phenoxy) is 1. The molecule has 0 aliphatic carbocycles. The number of para-hydroxylation sites is 2. The molecule has 28 heavy (non-hydrogen) atoms. The molecule has 1 aliphatic rings. The second kappa shape index (κ2) is 9.46. The normalized spacial score (nSPS) is 14.4. The van der Waals surface area contributed by atoms with Crippen LogP contribution in [0.1, 0.15) is 19.8 Å². The smallest absolute Gasteiger partial charge is 0.321 e. The quantitative estimate of drug-likeness (QED) is 0.767. The van der Waals surface area contributed by atoms with Gasteiger partial charge in [-0.2, -0.15) is 0 Å². The lowest BCUT2D eigenvalue weighted by Gasteiger charge is -2.31. The van der Waals surface area contributed by atoms with Gasteiger partial charge in [-0.25, -0.2) is 4.79 Å². The van der Waals surface area contributed by atoms with Crippen molar-refractivity contribution in [1.82, 2.24) is 4.90 Å². The SMILES string of the molecule is CCOc1ccccc1NC(=O)C1CCN(C(=O)Nc2ccc(Cl)cc2)CC1. The molecule has 0 radical (unpaired) electrons. The number of benzene rings is 2. The molecule has 3 rings (SSSR count). The van der Waals surface area contributed by atoms with E-state index in [0.29, 0.717) is 54.7 Å². The van der Waals surface area contributed by atoms with Gasteiger partial charge in [-0.3, -0.25) is 4.79 Å². The molecule has 2 aromatic rings. The average Bonchev–Trinajstić information content (AvgIpc) is 2.71. The van der Waals surface area contributed by atoms with E-state index < -0.39 is 0 Å². The van der Waals surface area contributed by atoms with E-state index in [1.165, 1.54) is 0 Å². The monoisotopic (exact) mass is 401 g/mol. The second-order valence-corrected chi connectivity index (χ2v) is 7.05. The Balaban J connectivity index is 1.51. The molecule has 1 fully saturated rings. The predicted molar refractivity (Wildman–Crippen MR) is 111 cm³/mol. The Labute approximate surface area is 169 Å². The summed E-state index contributed by atoms with van der Waals surface area (Å²) in [5.74, 6) is 0.498. The van der Waals surface area contributed by atoms with Crippen molar-refractivity contribution in [1.29, 1.82) is 0 Å². The fourth-order valence-electron chi connectivity index (χ4n) is 3.17. The van der Waals surface area contributed by atoms with E-state index in [1.54, 1.807) is 29.2 Å². The maximum absolute atomic E-state index is 12.6. The molecule has 0 unspecified atom stereocenters. The zero-order valence-electron chi connectivity index (χ0n) is 15.8. The summed E-state index contributed by atoms with van der Waals surface area (Å²) in [6.07, 6.45) is 1.24. The van der Waals surface area contributed by atoms with E-state index in [2.05, 4.69) is 10.6 Å². The third-order valence-electron chi connectivity index (χ3n) is 4.69. The van der Waals surface area contributed by atoms with Crippen LogP contribution >= 0.6 is 11.6 Å². The van der Waals surface area contributed by atoms with Gasteiger partial charge in [0.25, 0.3) is 0 Å². The summed E-state index contributed by atoms with van der Waals surface area (Å²) in [6.45, 7) is 3.51. The molecule has 0 bridgehead atoms. The van der Waals surface area contributed by atoms with Crippen molar-refractivity contribution in [2.75, 3.05) is 30.3 Å². The standard InChI is InChI=1S/C21H24ClN3O3/c1-2-28-19-6-4-3-5-18(19)24-20(26)15-11-13-25(14-12-15)21(27)23-17-9-7-16(22)8-10-17/h3-10,15H,2,11-14H2,1H3,(H,23,27)(H,24,26). The number of likely N-dealkylation sites (tertiary alicyclic amines) is 1. The van der Waals surface area contributed by atoms with Gasteiger partial charge in [0, 0.05) is 29.7 Å². The Morgan fingerprint density at radius 3 is 2.43 bits per heavy atom. The molecule has 0 aromatic heterocycles. The van der Waals surface area contributed by atoms with Crippen LogP contribution in [0.25, 0.3) is 0 Å². The van der Waals surface area contributed by atoms with E-state index in [9.17, 15) is 9.59 Å². The summed E-state index contributed by atoms with van der Waals surface area (Å²) >= 11 is 5.86. The molecular weight excluding hydrogens is 378 g/mol. The summed E-state index contributed by atoms with van der Waals surface area (Å²) < 4.78 is 5.55. The molecule has 0 atom stereocenters. The minimum Gasteiger partial charge on any atom is -0.492 e. The van der Waals surface area contributed by atoms with Crippen molar-refractivity contribution in [3.8, 4) is 5.75 Å². The summed E-state index contributed by atoms with van der Waals surface area (Å²) in [6, 6.07) is 14.2. The highest BCUT2D eigenvalue weighted by molar-refractivity contribution is 6.30. The van der Waals surface area contributed by atoms with Crippen LogP contribution in [0.3, 0.4) is 0 Å². The van der Waals surface area contributed by atoms with Crippen LogP contribution in [0.4, 0.5) is 16.2 Å². The van der Waals surface area contributed by atoms with Crippen LogP contribution in [-0.2, 0) is 4.79 Å².